The Kier molecular flexibility index (Phi) is 5.47. The van der Waals surface area contributed by atoms with Crippen LogP contribution in [0.15, 0.2) is 29.1 Å². The molecule has 1 saturated heterocycles. The lowest BCUT2D eigenvalue weighted by Crippen LogP contribution is -2.39. The Bertz CT molecular complexity index is 955. The molecule has 0 radical (unpaired) electrons. The number of nitrogens with zero attached hydrogens (tertiary/aromatic N) is 3. The standard InChI is InChI=1S/C17H24N4O4S/c1-26(24,25)21-15-8-4-3-7-14(15)20(17(21)23)13-16(22)18-9-12-19-10-5-2-6-11-19/h3-4,7-8H,2,5-6,9-13H2,1H3,(H,18,22). The number of benzene rings is 1. The molecular weight excluding hydrogens is 356 g/mol. The molecule has 9 heteroatoms. The summed E-state index contributed by atoms with van der Waals surface area (Å²) in [5.74, 6) is -0.305. The number of nitrogens with one attached hydrogen (secondary N) is 1. The average Bonchev–Trinajstić information content (AvgIpc) is 2.88. The number of fused-ring (bicyclic) bond motifs is 1. The number of rotatable bonds is 6. The normalized spacial score (nSPS) is 16.0. The van der Waals surface area contributed by atoms with E-state index in [0.29, 0.717) is 12.1 Å². The Morgan fingerprint density at radius 3 is 2.42 bits per heavy atom. The number of aromatic nitrogens is 2. The van der Waals surface area contributed by atoms with Crippen molar-refractivity contribution in [2.45, 2.75) is 25.8 Å². The molecule has 1 aromatic heterocycles. The van der Waals surface area contributed by atoms with Gasteiger partial charge in [0.25, 0.3) is 0 Å². The molecule has 0 unspecified atom stereocenters. The third kappa shape index (κ3) is 3.99. The molecule has 0 spiro atoms. The van der Waals surface area contributed by atoms with Gasteiger partial charge in [-0.25, -0.2) is 13.2 Å². The van der Waals surface area contributed by atoms with Crippen molar-refractivity contribution in [2.24, 2.45) is 0 Å². The second-order valence-electron chi connectivity index (χ2n) is 6.64. The van der Waals surface area contributed by atoms with Crippen molar-refractivity contribution in [3.05, 3.63) is 34.7 Å². The lowest BCUT2D eigenvalue weighted by Gasteiger charge is -2.26. The molecule has 2 heterocycles. The number of para-hydroxylation sites is 2. The molecule has 1 aliphatic heterocycles. The minimum Gasteiger partial charge on any atom is -0.353 e. The van der Waals surface area contributed by atoms with E-state index in [1.165, 1.54) is 23.8 Å². The van der Waals surface area contributed by atoms with E-state index >= 15 is 0 Å². The highest BCUT2D eigenvalue weighted by Gasteiger charge is 2.20. The first-order chi connectivity index (χ1) is 12.4. The first-order valence-electron chi connectivity index (χ1n) is 8.78. The van der Waals surface area contributed by atoms with Crippen LogP contribution in [0.3, 0.4) is 0 Å². The average molecular weight is 380 g/mol. The summed E-state index contributed by atoms with van der Waals surface area (Å²) in [5, 5.41) is 2.82. The summed E-state index contributed by atoms with van der Waals surface area (Å²) in [6.07, 6.45) is 4.61. The van der Waals surface area contributed by atoms with Crippen LogP contribution < -0.4 is 11.0 Å². The van der Waals surface area contributed by atoms with Crippen LogP contribution in [-0.4, -0.2) is 60.2 Å². The number of amides is 1. The van der Waals surface area contributed by atoms with Crippen molar-refractivity contribution < 1.29 is 13.2 Å². The van der Waals surface area contributed by atoms with Crippen LogP contribution in [0.4, 0.5) is 0 Å². The topological polar surface area (TPSA) is 93.4 Å². The maximum atomic E-state index is 12.6. The maximum Gasteiger partial charge on any atom is 0.343 e. The molecule has 0 bridgehead atoms. The quantitative estimate of drug-likeness (QED) is 0.773. The molecule has 142 valence electrons. The summed E-state index contributed by atoms with van der Waals surface area (Å²) < 4.78 is 25.9. The lowest BCUT2D eigenvalue weighted by atomic mass is 10.1. The summed E-state index contributed by atoms with van der Waals surface area (Å²) in [4.78, 5) is 27.1. The van der Waals surface area contributed by atoms with E-state index in [4.69, 9.17) is 0 Å². The molecular formula is C17H24N4O4S. The van der Waals surface area contributed by atoms with E-state index < -0.39 is 15.7 Å². The number of carbonyl (C=O) groups is 1. The highest BCUT2D eigenvalue weighted by atomic mass is 32.2. The molecule has 0 aliphatic carbocycles. The molecule has 0 atom stereocenters. The number of hydrogen-bond acceptors (Lipinski definition) is 5. The van der Waals surface area contributed by atoms with E-state index in [2.05, 4.69) is 10.2 Å². The first kappa shape index (κ1) is 18.7. The fraction of sp³-hybridized carbons (Fsp3) is 0.529. The van der Waals surface area contributed by atoms with Gasteiger partial charge >= 0.3 is 5.69 Å². The third-order valence-electron chi connectivity index (χ3n) is 4.63. The summed E-state index contributed by atoms with van der Waals surface area (Å²) in [6.45, 7) is 3.19. The van der Waals surface area contributed by atoms with Gasteiger partial charge in [0.2, 0.25) is 15.9 Å². The van der Waals surface area contributed by atoms with Crippen LogP contribution in [0.5, 0.6) is 0 Å². The van der Waals surface area contributed by atoms with Gasteiger partial charge in [0.05, 0.1) is 17.3 Å². The molecule has 3 rings (SSSR count). The van der Waals surface area contributed by atoms with E-state index in [1.807, 2.05) is 0 Å². The summed E-state index contributed by atoms with van der Waals surface area (Å²) >= 11 is 0. The zero-order valence-corrected chi connectivity index (χ0v) is 15.7. The van der Waals surface area contributed by atoms with E-state index in [0.717, 1.165) is 29.9 Å². The molecule has 8 nitrogen and oxygen atoms in total. The monoisotopic (exact) mass is 380 g/mol. The van der Waals surface area contributed by atoms with Gasteiger partial charge in [-0.1, -0.05) is 18.6 Å². The van der Waals surface area contributed by atoms with Gasteiger partial charge in [-0.2, -0.15) is 3.97 Å². The number of piperidine rings is 1. The molecule has 1 aliphatic rings. The number of imidazole rings is 1. The van der Waals surface area contributed by atoms with Crippen LogP contribution in [0.25, 0.3) is 11.0 Å². The zero-order chi connectivity index (χ0) is 18.7. The number of hydrogen-bond donors (Lipinski definition) is 1. The summed E-state index contributed by atoms with van der Waals surface area (Å²) in [5.41, 5.74) is -0.0184. The van der Waals surface area contributed by atoms with E-state index in [9.17, 15) is 18.0 Å². The van der Waals surface area contributed by atoms with Gasteiger partial charge in [-0.3, -0.25) is 9.36 Å². The van der Waals surface area contributed by atoms with Crippen LogP contribution in [0.1, 0.15) is 19.3 Å². The van der Waals surface area contributed by atoms with Crippen molar-refractivity contribution in [1.82, 2.24) is 18.8 Å². The smallest absolute Gasteiger partial charge is 0.343 e. The second kappa shape index (κ2) is 7.63. The SMILES string of the molecule is CS(=O)(=O)n1c(=O)n(CC(=O)NCCN2CCCCC2)c2ccccc21. The van der Waals surface area contributed by atoms with Crippen LogP contribution in [0.2, 0.25) is 0 Å². The van der Waals surface area contributed by atoms with Crippen LogP contribution in [0, 0.1) is 0 Å². The molecule has 1 aromatic carbocycles. The predicted octanol–water partition coefficient (Wildman–Crippen LogP) is 0.213. The van der Waals surface area contributed by atoms with Crippen molar-refractivity contribution in [3.63, 3.8) is 0 Å². The number of carbonyl (C=O) groups excluding carboxylic acids is 1. The summed E-state index contributed by atoms with van der Waals surface area (Å²) in [6, 6.07) is 6.56. The van der Waals surface area contributed by atoms with Gasteiger partial charge in [0.15, 0.2) is 0 Å². The second-order valence-corrected chi connectivity index (χ2v) is 8.47. The van der Waals surface area contributed by atoms with Crippen LogP contribution in [-0.2, 0) is 21.4 Å². The predicted molar refractivity (Wildman–Crippen MR) is 99.7 cm³/mol. The van der Waals surface area contributed by atoms with E-state index in [-0.39, 0.29) is 18.0 Å². The van der Waals surface area contributed by atoms with Crippen molar-refractivity contribution in [2.75, 3.05) is 32.4 Å². The van der Waals surface area contributed by atoms with Gasteiger partial charge in [-0.15, -0.1) is 0 Å². The Hall–Kier alpha value is -2.13. The highest BCUT2D eigenvalue weighted by molar-refractivity contribution is 7.89. The Labute approximate surface area is 152 Å². The third-order valence-corrected chi connectivity index (χ3v) is 5.64. The minimum atomic E-state index is -3.76. The molecule has 0 saturated carbocycles. The molecule has 1 fully saturated rings. The fourth-order valence-electron chi connectivity index (χ4n) is 3.39. The lowest BCUT2D eigenvalue weighted by molar-refractivity contribution is -0.121. The number of likely N-dealkylation sites (tertiary alicyclic amines) is 1. The first-order valence-corrected chi connectivity index (χ1v) is 10.6. The molecule has 2 aromatic rings. The maximum absolute atomic E-state index is 12.6. The Morgan fingerprint density at radius 2 is 1.77 bits per heavy atom. The van der Waals surface area contributed by atoms with E-state index in [1.54, 1.807) is 24.3 Å². The Morgan fingerprint density at radius 1 is 1.12 bits per heavy atom. The minimum absolute atomic E-state index is 0.206. The highest BCUT2D eigenvalue weighted by Crippen LogP contribution is 2.14. The molecule has 1 N–H and O–H groups in total. The molecule has 1 amide bonds. The zero-order valence-electron chi connectivity index (χ0n) is 14.8. The molecule has 26 heavy (non-hydrogen) atoms. The summed E-state index contributed by atoms with van der Waals surface area (Å²) in [7, 11) is -3.76. The Balaban J connectivity index is 1.73. The van der Waals surface area contributed by atoms with Gasteiger partial charge in [0, 0.05) is 13.1 Å². The van der Waals surface area contributed by atoms with Gasteiger partial charge < -0.3 is 10.2 Å². The van der Waals surface area contributed by atoms with Crippen molar-refractivity contribution in [1.29, 1.82) is 0 Å². The van der Waals surface area contributed by atoms with Crippen molar-refractivity contribution >= 4 is 27.0 Å². The van der Waals surface area contributed by atoms with Gasteiger partial charge in [-0.05, 0) is 38.1 Å². The van der Waals surface area contributed by atoms with Crippen LogP contribution >= 0.6 is 0 Å². The largest absolute Gasteiger partial charge is 0.353 e. The van der Waals surface area contributed by atoms with Crippen molar-refractivity contribution in [3.8, 4) is 0 Å². The van der Waals surface area contributed by atoms with Gasteiger partial charge in [0.1, 0.15) is 6.54 Å². The fourth-order valence-corrected chi connectivity index (χ4v) is 4.28.